The molecular weight excluding hydrogens is 264 g/mol. The lowest BCUT2D eigenvalue weighted by atomic mass is 9.99. The van der Waals surface area contributed by atoms with Crippen LogP contribution in [0, 0.1) is 6.92 Å². The zero-order valence-corrected chi connectivity index (χ0v) is 13.1. The van der Waals surface area contributed by atoms with Gasteiger partial charge < -0.3 is 9.67 Å². The van der Waals surface area contributed by atoms with Crippen LogP contribution in [0.4, 0.5) is 0 Å². The van der Waals surface area contributed by atoms with Crippen molar-refractivity contribution < 1.29 is 5.11 Å². The third kappa shape index (κ3) is 3.38. The van der Waals surface area contributed by atoms with Gasteiger partial charge >= 0.3 is 0 Å². The molecule has 0 aliphatic carbocycles. The molecule has 0 saturated carbocycles. The molecule has 21 heavy (non-hydrogen) atoms. The first-order valence-corrected chi connectivity index (χ1v) is 7.85. The van der Waals surface area contributed by atoms with E-state index in [2.05, 4.69) is 18.4 Å². The van der Waals surface area contributed by atoms with Crippen LogP contribution in [0.25, 0.3) is 0 Å². The minimum atomic E-state index is -0.284. The molecule has 2 heterocycles. The van der Waals surface area contributed by atoms with Gasteiger partial charge in [0, 0.05) is 30.9 Å². The molecule has 116 valence electrons. The second-order valence-corrected chi connectivity index (χ2v) is 5.87. The molecule has 1 unspecified atom stereocenters. The van der Waals surface area contributed by atoms with Crippen LogP contribution in [0.3, 0.4) is 0 Å². The van der Waals surface area contributed by atoms with E-state index in [0.717, 1.165) is 24.4 Å². The van der Waals surface area contributed by atoms with Gasteiger partial charge in [0.05, 0.1) is 5.69 Å². The van der Waals surface area contributed by atoms with Crippen LogP contribution in [0.1, 0.15) is 44.0 Å². The topological polar surface area (TPSA) is 45.5 Å². The summed E-state index contributed by atoms with van der Waals surface area (Å²) in [5.41, 5.74) is 1.31. The molecule has 0 aromatic carbocycles. The second kappa shape index (κ2) is 6.94. The van der Waals surface area contributed by atoms with Crippen LogP contribution in [0.15, 0.2) is 23.5 Å². The molecule has 4 nitrogen and oxygen atoms in total. The van der Waals surface area contributed by atoms with E-state index in [-0.39, 0.29) is 11.2 Å². The van der Waals surface area contributed by atoms with Crippen molar-refractivity contribution in [3.63, 3.8) is 0 Å². The number of aromatic hydroxyl groups is 1. The highest BCUT2D eigenvalue weighted by Gasteiger charge is 2.23. The van der Waals surface area contributed by atoms with Crippen molar-refractivity contribution in [2.24, 2.45) is 0 Å². The van der Waals surface area contributed by atoms with E-state index >= 15 is 0 Å². The van der Waals surface area contributed by atoms with Crippen molar-refractivity contribution in [2.45, 2.75) is 58.7 Å². The Morgan fingerprint density at radius 3 is 2.90 bits per heavy atom. The second-order valence-electron chi connectivity index (χ2n) is 5.87. The molecule has 1 saturated heterocycles. The number of nitrogens with zero attached hydrogens (tertiary/aromatic N) is 2. The molecule has 1 N–H and O–H groups in total. The Morgan fingerprint density at radius 1 is 1.48 bits per heavy atom. The summed E-state index contributed by atoms with van der Waals surface area (Å²) in [5, 5.41) is 10.2. The van der Waals surface area contributed by atoms with E-state index in [0.29, 0.717) is 19.1 Å². The molecule has 1 aromatic heterocycles. The third-order valence-corrected chi connectivity index (χ3v) is 4.48. The quantitative estimate of drug-likeness (QED) is 0.848. The van der Waals surface area contributed by atoms with Gasteiger partial charge in [0.1, 0.15) is 0 Å². The van der Waals surface area contributed by atoms with Crippen molar-refractivity contribution >= 4 is 0 Å². The lowest BCUT2D eigenvalue weighted by Gasteiger charge is -2.36. The maximum atomic E-state index is 11.9. The van der Waals surface area contributed by atoms with Crippen molar-refractivity contribution in [2.75, 3.05) is 6.54 Å². The number of pyridine rings is 1. The first kappa shape index (κ1) is 15.8. The standard InChI is InChI=1S/C17H26N2O2/c1-4-9-19-13(3)11-16(20)17(21)15(19)12-18-10-7-6-8-14(18)5-2/h4,11,14,21H,1,5-10,12H2,2-3H3. The van der Waals surface area contributed by atoms with E-state index in [1.807, 2.05) is 11.5 Å². The molecule has 0 bridgehead atoms. The summed E-state index contributed by atoms with van der Waals surface area (Å²) in [5.74, 6) is -0.108. The first-order valence-electron chi connectivity index (χ1n) is 7.85. The average molecular weight is 290 g/mol. The molecule has 2 rings (SSSR count). The zero-order chi connectivity index (χ0) is 15.4. The van der Waals surface area contributed by atoms with Crippen molar-refractivity contribution in [1.82, 2.24) is 9.47 Å². The lowest BCUT2D eigenvalue weighted by molar-refractivity contribution is 0.131. The van der Waals surface area contributed by atoms with Gasteiger partial charge in [0.2, 0.25) is 5.43 Å². The van der Waals surface area contributed by atoms with Crippen molar-refractivity contribution in [3.8, 4) is 5.75 Å². The van der Waals surface area contributed by atoms with Gasteiger partial charge in [-0.2, -0.15) is 0 Å². The Labute approximate surface area is 126 Å². The molecule has 1 aliphatic heterocycles. The Bertz CT molecular complexity index is 563. The summed E-state index contributed by atoms with van der Waals surface area (Å²) in [6.07, 6.45) is 6.57. The predicted octanol–water partition coefficient (Wildman–Crippen LogP) is 2.81. The van der Waals surface area contributed by atoms with Crippen LogP contribution < -0.4 is 5.43 Å². The van der Waals surface area contributed by atoms with Gasteiger partial charge in [-0.3, -0.25) is 9.69 Å². The Hall–Kier alpha value is -1.55. The van der Waals surface area contributed by atoms with Gasteiger partial charge in [-0.15, -0.1) is 6.58 Å². The van der Waals surface area contributed by atoms with E-state index < -0.39 is 0 Å². The highest BCUT2D eigenvalue weighted by Crippen LogP contribution is 2.24. The molecular formula is C17H26N2O2. The van der Waals surface area contributed by atoms with Crippen LogP contribution >= 0.6 is 0 Å². The molecule has 0 spiro atoms. The summed E-state index contributed by atoms with van der Waals surface area (Å²) in [6.45, 7) is 10.2. The molecule has 1 aromatic rings. The SMILES string of the molecule is C=CCn1c(C)cc(=O)c(O)c1CN1CCCCC1CC. The monoisotopic (exact) mass is 290 g/mol. The van der Waals surface area contributed by atoms with Crippen LogP contribution in [-0.2, 0) is 13.1 Å². The van der Waals surface area contributed by atoms with Crippen molar-refractivity contribution in [1.29, 1.82) is 0 Å². The van der Waals surface area contributed by atoms with Gasteiger partial charge in [-0.05, 0) is 32.7 Å². The number of aromatic nitrogens is 1. The van der Waals surface area contributed by atoms with E-state index in [1.54, 1.807) is 6.08 Å². The maximum Gasteiger partial charge on any atom is 0.223 e. The average Bonchev–Trinajstić information content (AvgIpc) is 2.48. The Balaban J connectivity index is 2.37. The highest BCUT2D eigenvalue weighted by molar-refractivity contribution is 5.30. The number of rotatable bonds is 5. The fraction of sp³-hybridized carbons (Fsp3) is 0.588. The number of piperidine rings is 1. The minimum Gasteiger partial charge on any atom is -0.503 e. The molecule has 1 fully saturated rings. The largest absolute Gasteiger partial charge is 0.503 e. The summed E-state index contributed by atoms with van der Waals surface area (Å²) >= 11 is 0. The molecule has 4 heteroatoms. The summed E-state index contributed by atoms with van der Waals surface area (Å²) in [4.78, 5) is 14.3. The van der Waals surface area contributed by atoms with Crippen molar-refractivity contribution in [3.05, 3.63) is 40.3 Å². The number of likely N-dealkylation sites (tertiary alicyclic amines) is 1. The smallest absolute Gasteiger partial charge is 0.223 e. The van der Waals surface area contributed by atoms with E-state index in [1.165, 1.54) is 25.3 Å². The normalized spacial score (nSPS) is 19.6. The molecule has 1 aliphatic rings. The van der Waals surface area contributed by atoms with E-state index in [4.69, 9.17) is 0 Å². The predicted molar refractivity (Wildman–Crippen MR) is 85.6 cm³/mol. The Kier molecular flexibility index (Phi) is 5.23. The third-order valence-electron chi connectivity index (χ3n) is 4.48. The minimum absolute atomic E-state index is 0.108. The van der Waals surface area contributed by atoms with Crippen LogP contribution in [-0.4, -0.2) is 27.2 Å². The fourth-order valence-corrected chi connectivity index (χ4v) is 3.29. The van der Waals surface area contributed by atoms with Gasteiger partial charge in [-0.25, -0.2) is 0 Å². The number of allylic oxidation sites excluding steroid dienone is 1. The number of hydrogen-bond acceptors (Lipinski definition) is 3. The summed E-state index contributed by atoms with van der Waals surface area (Å²) in [7, 11) is 0. The summed E-state index contributed by atoms with van der Waals surface area (Å²) < 4.78 is 1.99. The molecule has 0 radical (unpaired) electrons. The molecule has 0 amide bonds. The van der Waals surface area contributed by atoms with E-state index in [9.17, 15) is 9.90 Å². The summed E-state index contributed by atoms with van der Waals surface area (Å²) in [6, 6.07) is 2.04. The number of hydrogen-bond donors (Lipinski definition) is 1. The van der Waals surface area contributed by atoms with Crippen LogP contribution in [0.5, 0.6) is 5.75 Å². The molecule has 1 atom stereocenters. The number of aryl methyl sites for hydroxylation is 1. The van der Waals surface area contributed by atoms with Gasteiger partial charge in [0.15, 0.2) is 5.75 Å². The fourth-order valence-electron chi connectivity index (χ4n) is 3.29. The maximum absolute atomic E-state index is 11.9. The van der Waals surface area contributed by atoms with Gasteiger partial charge in [-0.1, -0.05) is 19.4 Å². The lowest BCUT2D eigenvalue weighted by Crippen LogP contribution is -2.39. The van der Waals surface area contributed by atoms with Crippen LogP contribution in [0.2, 0.25) is 0 Å². The zero-order valence-electron chi connectivity index (χ0n) is 13.1. The van der Waals surface area contributed by atoms with Gasteiger partial charge in [0.25, 0.3) is 0 Å². The Morgan fingerprint density at radius 2 is 2.24 bits per heavy atom. The highest BCUT2D eigenvalue weighted by atomic mass is 16.3. The first-order chi connectivity index (χ1) is 10.1.